The number of amides is 2. The Kier molecular flexibility index (Phi) is 6.50. The molecular weight excluding hydrogens is 562 g/mol. The molecule has 0 bridgehead atoms. The Labute approximate surface area is 225 Å². The lowest BCUT2D eigenvalue weighted by Crippen LogP contribution is -2.40. The summed E-state index contributed by atoms with van der Waals surface area (Å²) in [6.45, 7) is -0.238. The highest BCUT2D eigenvalue weighted by atomic mass is 79.9. The summed E-state index contributed by atoms with van der Waals surface area (Å²) in [6, 6.07) is 2.94. The molecule has 0 spiro atoms. The molecule has 1 aliphatic heterocycles. The molecule has 1 aromatic carbocycles. The number of carboxylic acids is 1. The molecule has 1 saturated heterocycles. The Morgan fingerprint density at radius 2 is 1.84 bits per heavy atom. The van der Waals surface area contributed by atoms with E-state index in [1.807, 2.05) is 0 Å². The lowest BCUT2D eigenvalue weighted by atomic mass is 9.59. The van der Waals surface area contributed by atoms with Gasteiger partial charge in [-0.15, -0.1) is 0 Å². The number of fused-ring (bicyclic) bond motifs is 3. The third-order valence-corrected chi connectivity index (χ3v) is 8.40. The van der Waals surface area contributed by atoms with Gasteiger partial charge in [0.15, 0.2) is 11.6 Å². The lowest BCUT2D eigenvalue weighted by molar-refractivity contribution is -0.142. The van der Waals surface area contributed by atoms with Crippen molar-refractivity contribution in [2.24, 2.45) is 17.8 Å². The fraction of sp³-hybridized carbons (Fsp3) is 0.370. The van der Waals surface area contributed by atoms with E-state index in [2.05, 4.69) is 15.9 Å². The summed E-state index contributed by atoms with van der Waals surface area (Å²) in [4.78, 5) is 65.4. The van der Waals surface area contributed by atoms with Crippen LogP contribution < -0.4 is 9.47 Å². The maximum Gasteiger partial charge on any atom is 0.305 e. The van der Waals surface area contributed by atoms with Crippen molar-refractivity contribution in [3.05, 3.63) is 51.0 Å². The average molecular weight is 586 g/mol. The van der Waals surface area contributed by atoms with Crippen molar-refractivity contribution in [1.29, 1.82) is 0 Å². The Hall–Kier alpha value is -3.73. The topological polar surface area (TPSA) is 148 Å². The molecule has 4 unspecified atom stereocenters. The molecular formula is C27H24BrNO9. The highest BCUT2D eigenvalue weighted by Crippen LogP contribution is 2.58. The van der Waals surface area contributed by atoms with E-state index in [9.17, 15) is 29.1 Å². The van der Waals surface area contributed by atoms with Crippen molar-refractivity contribution < 1.29 is 43.7 Å². The zero-order chi connectivity index (χ0) is 27.5. The van der Waals surface area contributed by atoms with Crippen LogP contribution in [-0.2, 0) is 24.0 Å². The van der Waals surface area contributed by atoms with E-state index in [1.165, 1.54) is 26.4 Å². The summed E-state index contributed by atoms with van der Waals surface area (Å²) in [5.41, 5.74) is 1.29. The van der Waals surface area contributed by atoms with Gasteiger partial charge in [0.1, 0.15) is 17.2 Å². The van der Waals surface area contributed by atoms with Crippen LogP contribution in [0.4, 0.5) is 0 Å². The molecule has 1 fully saturated rings. The second-order valence-electron chi connectivity index (χ2n) is 9.63. The van der Waals surface area contributed by atoms with Gasteiger partial charge < -0.3 is 19.7 Å². The number of hydrogen-bond acceptors (Lipinski definition) is 8. The molecule has 11 heteroatoms. The molecule has 4 atom stereocenters. The quantitative estimate of drug-likeness (QED) is 0.292. The number of methoxy groups -OCH3 is 2. The van der Waals surface area contributed by atoms with E-state index in [4.69, 9.17) is 14.6 Å². The van der Waals surface area contributed by atoms with E-state index in [0.29, 0.717) is 11.3 Å². The number of Topliss-reactive ketones (excluding diaryl/α,β-unsaturated/α-hetero) is 1. The van der Waals surface area contributed by atoms with Gasteiger partial charge in [-0.1, -0.05) is 11.6 Å². The number of aliphatic carboxylic acids is 1. The third-order valence-electron chi connectivity index (χ3n) is 7.81. The van der Waals surface area contributed by atoms with E-state index in [0.717, 1.165) is 4.90 Å². The number of ether oxygens (including phenoxy) is 2. The number of aromatic hydroxyl groups is 1. The molecule has 10 nitrogen and oxygen atoms in total. The summed E-state index contributed by atoms with van der Waals surface area (Å²) in [5, 5.41) is 20.2. The van der Waals surface area contributed by atoms with Crippen LogP contribution in [0.1, 0.15) is 30.7 Å². The Morgan fingerprint density at radius 1 is 1.11 bits per heavy atom. The highest BCUT2D eigenvalue weighted by molar-refractivity contribution is 9.12. The SMILES string of the molecule is COc1cc(O)c(C2C3=CCC4C(=O)N(CCC(=O)O)C(=O)C4C3CC3=C2C(=O)C=C(Br)C3=O)c(OC)c1. The largest absolute Gasteiger partial charge is 0.507 e. The molecule has 3 aliphatic carbocycles. The first-order valence-electron chi connectivity index (χ1n) is 12.0. The first-order valence-corrected chi connectivity index (χ1v) is 12.8. The highest BCUT2D eigenvalue weighted by Gasteiger charge is 2.56. The molecule has 0 saturated carbocycles. The van der Waals surface area contributed by atoms with Crippen LogP contribution in [0.25, 0.3) is 0 Å². The fourth-order valence-corrected chi connectivity index (χ4v) is 6.64. The minimum Gasteiger partial charge on any atom is -0.507 e. The van der Waals surface area contributed by atoms with Crippen LogP contribution in [0.3, 0.4) is 0 Å². The third kappa shape index (κ3) is 3.87. The number of phenolic OH excluding ortho intramolecular Hbond substituents is 1. The van der Waals surface area contributed by atoms with Crippen LogP contribution >= 0.6 is 15.9 Å². The van der Waals surface area contributed by atoms with Crippen molar-refractivity contribution in [2.45, 2.75) is 25.2 Å². The lowest BCUT2D eigenvalue weighted by Gasteiger charge is -2.42. The normalized spacial score (nSPS) is 26.4. The van der Waals surface area contributed by atoms with Gasteiger partial charge in [-0.05, 0) is 34.7 Å². The average Bonchev–Trinajstić information content (AvgIpc) is 3.13. The van der Waals surface area contributed by atoms with Crippen LogP contribution in [0.2, 0.25) is 0 Å². The van der Waals surface area contributed by atoms with Gasteiger partial charge in [-0.3, -0.25) is 28.9 Å². The monoisotopic (exact) mass is 585 g/mol. The number of halogens is 1. The number of nitrogens with zero attached hydrogens (tertiary/aromatic N) is 1. The molecule has 5 rings (SSSR count). The van der Waals surface area contributed by atoms with Crippen molar-refractivity contribution in [3.63, 3.8) is 0 Å². The van der Waals surface area contributed by atoms with E-state index in [-0.39, 0.29) is 58.5 Å². The van der Waals surface area contributed by atoms with Gasteiger partial charge in [0.2, 0.25) is 11.8 Å². The van der Waals surface area contributed by atoms with Crippen molar-refractivity contribution in [3.8, 4) is 17.2 Å². The fourth-order valence-electron chi connectivity index (χ4n) is 6.20. The molecule has 0 radical (unpaired) electrons. The molecule has 2 amide bonds. The number of carboxylic acid groups (broad SMARTS) is 1. The number of benzene rings is 1. The number of carbonyl (C=O) groups is 5. The smallest absolute Gasteiger partial charge is 0.305 e. The van der Waals surface area contributed by atoms with Crippen molar-refractivity contribution >= 4 is 45.3 Å². The van der Waals surface area contributed by atoms with Crippen molar-refractivity contribution in [2.75, 3.05) is 20.8 Å². The molecule has 198 valence electrons. The first-order chi connectivity index (χ1) is 18.1. The van der Waals surface area contributed by atoms with Gasteiger partial charge in [0, 0.05) is 47.4 Å². The zero-order valence-electron chi connectivity index (χ0n) is 20.5. The summed E-state index contributed by atoms with van der Waals surface area (Å²) in [7, 11) is 2.84. The van der Waals surface area contributed by atoms with Gasteiger partial charge in [-0.25, -0.2) is 0 Å². The summed E-state index contributed by atoms with van der Waals surface area (Å²) < 4.78 is 10.9. The minimum absolute atomic E-state index is 0.0529. The maximum atomic E-state index is 13.5. The molecule has 4 aliphatic rings. The number of rotatable bonds is 6. The number of ketones is 2. The number of carbonyl (C=O) groups excluding carboxylic acids is 4. The molecule has 1 heterocycles. The number of allylic oxidation sites excluding steroid dienone is 6. The maximum absolute atomic E-state index is 13.5. The second-order valence-corrected chi connectivity index (χ2v) is 10.5. The molecule has 38 heavy (non-hydrogen) atoms. The van der Waals surface area contributed by atoms with Gasteiger partial charge in [0.05, 0.1) is 37.0 Å². The van der Waals surface area contributed by atoms with Crippen LogP contribution in [0, 0.1) is 17.8 Å². The van der Waals surface area contributed by atoms with Crippen molar-refractivity contribution in [1.82, 2.24) is 4.90 Å². The Bertz CT molecular complexity index is 1410. The summed E-state index contributed by atoms with van der Waals surface area (Å²) in [5.74, 6) is -5.59. The van der Waals surface area contributed by atoms with Gasteiger partial charge in [0.25, 0.3) is 0 Å². The molecule has 0 aromatic heterocycles. The van der Waals surface area contributed by atoms with Crippen LogP contribution in [0.15, 0.2) is 45.5 Å². The predicted molar refractivity (Wildman–Crippen MR) is 135 cm³/mol. The van der Waals surface area contributed by atoms with Gasteiger partial charge >= 0.3 is 5.97 Å². The van der Waals surface area contributed by atoms with E-state index in [1.54, 1.807) is 12.1 Å². The minimum atomic E-state index is -1.13. The van der Waals surface area contributed by atoms with E-state index < -0.39 is 53.0 Å². The second kappa shape index (κ2) is 9.54. The Morgan fingerprint density at radius 3 is 2.50 bits per heavy atom. The molecule has 2 N–H and O–H groups in total. The molecule has 1 aromatic rings. The predicted octanol–water partition coefficient (Wildman–Crippen LogP) is 2.65. The zero-order valence-corrected chi connectivity index (χ0v) is 22.1. The number of imide groups is 1. The first kappa shape index (κ1) is 25.9. The van der Waals surface area contributed by atoms with E-state index >= 15 is 0 Å². The van der Waals surface area contributed by atoms with Gasteiger partial charge in [-0.2, -0.15) is 0 Å². The van der Waals surface area contributed by atoms with Crippen LogP contribution in [-0.4, -0.2) is 65.2 Å². The number of phenols is 1. The summed E-state index contributed by atoms with van der Waals surface area (Å²) in [6.07, 6.45) is 2.88. The summed E-state index contributed by atoms with van der Waals surface area (Å²) >= 11 is 3.17. The Balaban J connectivity index is 1.68. The van der Waals surface area contributed by atoms with Crippen LogP contribution in [0.5, 0.6) is 17.2 Å². The number of likely N-dealkylation sites (tertiary alicyclic amines) is 1. The number of hydrogen-bond donors (Lipinski definition) is 2. The standard InChI is InChI=1S/C27H24BrNO9/c1-37-11-7-17(30)24(19(8-11)38-2)23-12-3-4-13-21(27(36)29(26(13)35)6-5-20(32)33)14(12)9-15-22(23)18(31)10-16(28)25(15)34/h3,7-8,10,13-14,21,23,30H,4-6,9H2,1-2H3,(H,32,33).